The van der Waals surface area contributed by atoms with Crippen molar-refractivity contribution >= 4 is 10.8 Å². The Labute approximate surface area is 108 Å². The molecule has 1 heteroatoms. The summed E-state index contributed by atoms with van der Waals surface area (Å²) in [6.45, 7) is 5.59. The topological polar surface area (TPSA) is 20.2 Å². The fourth-order valence-electron chi connectivity index (χ4n) is 2.16. The van der Waals surface area contributed by atoms with Crippen molar-refractivity contribution in [2.75, 3.05) is 0 Å². The van der Waals surface area contributed by atoms with Gasteiger partial charge in [0, 0.05) is 0 Å². The Morgan fingerprint density at radius 3 is 2.72 bits per heavy atom. The normalized spacial score (nSPS) is 12.9. The molecule has 1 nitrogen and oxygen atoms in total. The molecular formula is C17H18O. The highest BCUT2D eigenvalue weighted by atomic mass is 16.3. The van der Waals surface area contributed by atoms with Crippen molar-refractivity contribution in [1.29, 1.82) is 0 Å². The van der Waals surface area contributed by atoms with E-state index in [-0.39, 0.29) is 5.76 Å². The second kappa shape index (κ2) is 5.54. The first kappa shape index (κ1) is 12.4. The van der Waals surface area contributed by atoms with E-state index in [1.165, 1.54) is 16.3 Å². The molecule has 0 saturated heterocycles. The van der Waals surface area contributed by atoms with Crippen molar-refractivity contribution in [3.05, 3.63) is 72.5 Å². The Hall–Kier alpha value is -2.02. The number of aliphatic hydroxyl groups excluding tert-OH is 1. The highest BCUT2D eigenvalue weighted by Crippen LogP contribution is 2.21. The maximum Gasteiger partial charge on any atom is 0.108 e. The molecule has 0 spiro atoms. The molecule has 0 fully saturated rings. The maximum atomic E-state index is 9.06. The predicted molar refractivity (Wildman–Crippen MR) is 77.7 cm³/mol. The van der Waals surface area contributed by atoms with Crippen LogP contribution in [-0.2, 0) is 6.42 Å². The van der Waals surface area contributed by atoms with E-state index in [1.54, 1.807) is 6.08 Å². The Morgan fingerprint density at radius 1 is 1.22 bits per heavy atom. The predicted octanol–water partition coefficient (Wildman–Crippen LogP) is 4.65. The molecule has 1 N–H and O–H groups in total. The molecule has 0 saturated carbocycles. The lowest BCUT2D eigenvalue weighted by Crippen LogP contribution is -1.97. The Kier molecular flexibility index (Phi) is 3.83. The van der Waals surface area contributed by atoms with Crippen LogP contribution in [-0.4, -0.2) is 5.11 Å². The van der Waals surface area contributed by atoms with Gasteiger partial charge in [0.05, 0.1) is 0 Å². The molecule has 2 aromatic rings. The smallest absolute Gasteiger partial charge is 0.108 e. The second-order valence-electron chi connectivity index (χ2n) is 4.67. The van der Waals surface area contributed by atoms with Gasteiger partial charge in [-0.3, -0.25) is 0 Å². The van der Waals surface area contributed by atoms with Crippen molar-refractivity contribution in [2.24, 2.45) is 5.92 Å². The van der Waals surface area contributed by atoms with E-state index in [0.29, 0.717) is 5.92 Å². The SMILES string of the molecule is C=C(O)/C=C\C(C)Cc1cccc2ccccc12. The third-order valence-electron chi connectivity index (χ3n) is 3.04. The zero-order chi connectivity index (χ0) is 13.0. The minimum atomic E-state index is 0.111. The minimum absolute atomic E-state index is 0.111. The fourth-order valence-corrected chi connectivity index (χ4v) is 2.16. The molecule has 18 heavy (non-hydrogen) atoms. The molecule has 2 aromatic carbocycles. The lowest BCUT2D eigenvalue weighted by Gasteiger charge is -2.09. The van der Waals surface area contributed by atoms with Gasteiger partial charge in [0.1, 0.15) is 5.76 Å². The highest BCUT2D eigenvalue weighted by Gasteiger charge is 2.04. The van der Waals surface area contributed by atoms with Gasteiger partial charge in [-0.05, 0) is 34.8 Å². The van der Waals surface area contributed by atoms with Gasteiger partial charge in [-0.1, -0.05) is 62.0 Å². The Morgan fingerprint density at radius 2 is 1.94 bits per heavy atom. The van der Waals surface area contributed by atoms with E-state index in [2.05, 4.69) is 56.0 Å². The Balaban J connectivity index is 2.24. The van der Waals surface area contributed by atoms with Crippen LogP contribution in [0.4, 0.5) is 0 Å². The lowest BCUT2D eigenvalue weighted by molar-refractivity contribution is 0.434. The molecule has 0 aliphatic heterocycles. The van der Waals surface area contributed by atoms with Crippen LogP contribution in [0.25, 0.3) is 10.8 Å². The Bertz CT molecular complexity index is 576. The lowest BCUT2D eigenvalue weighted by atomic mass is 9.95. The van der Waals surface area contributed by atoms with Crippen molar-refractivity contribution in [3.8, 4) is 0 Å². The number of aliphatic hydroxyl groups is 1. The summed E-state index contributed by atoms with van der Waals surface area (Å²) in [5.74, 6) is 0.486. The number of fused-ring (bicyclic) bond motifs is 1. The van der Waals surface area contributed by atoms with Gasteiger partial charge in [-0.2, -0.15) is 0 Å². The summed E-state index contributed by atoms with van der Waals surface area (Å²) >= 11 is 0. The van der Waals surface area contributed by atoms with Crippen LogP contribution in [0.3, 0.4) is 0 Å². The molecule has 0 radical (unpaired) electrons. The summed E-state index contributed by atoms with van der Waals surface area (Å²) in [6, 6.07) is 14.8. The second-order valence-corrected chi connectivity index (χ2v) is 4.67. The number of hydrogen-bond donors (Lipinski definition) is 1. The van der Waals surface area contributed by atoms with Crippen LogP contribution in [0.5, 0.6) is 0 Å². The molecule has 0 heterocycles. The summed E-state index contributed by atoms with van der Waals surface area (Å²) < 4.78 is 0. The van der Waals surface area contributed by atoms with Gasteiger partial charge in [-0.25, -0.2) is 0 Å². The molecule has 92 valence electrons. The van der Waals surface area contributed by atoms with Crippen LogP contribution in [0.15, 0.2) is 67.0 Å². The summed E-state index contributed by atoms with van der Waals surface area (Å²) in [5.41, 5.74) is 1.34. The molecule has 2 rings (SSSR count). The van der Waals surface area contributed by atoms with E-state index in [0.717, 1.165) is 6.42 Å². The largest absolute Gasteiger partial charge is 0.509 e. The first-order chi connectivity index (χ1) is 8.66. The monoisotopic (exact) mass is 238 g/mol. The fraction of sp³-hybridized carbons (Fsp3) is 0.176. The molecule has 0 bridgehead atoms. The van der Waals surface area contributed by atoms with Gasteiger partial charge in [-0.15, -0.1) is 0 Å². The van der Waals surface area contributed by atoms with E-state index >= 15 is 0 Å². The van der Waals surface area contributed by atoms with Crippen LogP contribution in [0, 0.1) is 5.92 Å². The average Bonchev–Trinajstić information content (AvgIpc) is 2.37. The zero-order valence-electron chi connectivity index (χ0n) is 10.6. The molecule has 1 unspecified atom stereocenters. The van der Waals surface area contributed by atoms with Crippen LogP contribution in [0.2, 0.25) is 0 Å². The number of rotatable bonds is 4. The first-order valence-electron chi connectivity index (χ1n) is 6.19. The van der Waals surface area contributed by atoms with Gasteiger partial charge in [0.15, 0.2) is 0 Å². The van der Waals surface area contributed by atoms with Crippen LogP contribution in [0.1, 0.15) is 12.5 Å². The van der Waals surface area contributed by atoms with E-state index in [4.69, 9.17) is 5.11 Å². The highest BCUT2D eigenvalue weighted by molar-refractivity contribution is 5.85. The zero-order valence-corrected chi connectivity index (χ0v) is 10.6. The third kappa shape index (κ3) is 3.01. The number of allylic oxidation sites excluding steroid dienone is 2. The van der Waals surface area contributed by atoms with Crippen molar-refractivity contribution in [1.82, 2.24) is 0 Å². The van der Waals surface area contributed by atoms with Gasteiger partial charge in [0.25, 0.3) is 0 Å². The van der Waals surface area contributed by atoms with E-state index in [1.807, 2.05) is 6.08 Å². The molecule has 1 atom stereocenters. The number of hydrogen-bond acceptors (Lipinski definition) is 1. The minimum Gasteiger partial charge on any atom is -0.509 e. The number of benzene rings is 2. The van der Waals surface area contributed by atoms with Crippen LogP contribution < -0.4 is 0 Å². The quantitative estimate of drug-likeness (QED) is 0.607. The molecule has 0 aliphatic rings. The third-order valence-corrected chi connectivity index (χ3v) is 3.04. The summed E-state index contributed by atoms with van der Waals surface area (Å²) in [7, 11) is 0. The van der Waals surface area contributed by atoms with Gasteiger partial charge < -0.3 is 5.11 Å². The van der Waals surface area contributed by atoms with E-state index in [9.17, 15) is 0 Å². The van der Waals surface area contributed by atoms with Crippen molar-refractivity contribution in [2.45, 2.75) is 13.3 Å². The first-order valence-corrected chi connectivity index (χ1v) is 6.19. The van der Waals surface area contributed by atoms with E-state index < -0.39 is 0 Å². The average molecular weight is 238 g/mol. The van der Waals surface area contributed by atoms with Crippen LogP contribution >= 0.6 is 0 Å². The maximum absolute atomic E-state index is 9.06. The molecule has 0 aromatic heterocycles. The van der Waals surface area contributed by atoms with Crippen molar-refractivity contribution < 1.29 is 5.11 Å². The molecular weight excluding hydrogens is 220 g/mol. The molecule has 0 amide bonds. The summed E-state index contributed by atoms with van der Waals surface area (Å²) in [4.78, 5) is 0. The van der Waals surface area contributed by atoms with Gasteiger partial charge in [0.2, 0.25) is 0 Å². The summed E-state index contributed by atoms with van der Waals surface area (Å²) in [6.07, 6.45) is 4.62. The summed E-state index contributed by atoms with van der Waals surface area (Å²) in [5, 5.41) is 11.6. The molecule has 0 aliphatic carbocycles. The standard InChI is InChI=1S/C17H18O/c1-13(10-11-14(2)18)12-16-8-5-7-15-6-3-4-9-17(15)16/h3-11,13,18H,2,12H2,1H3/b11-10-. The van der Waals surface area contributed by atoms with Crippen molar-refractivity contribution in [3.63, 3.8) is 0 Å². The van der Waals surface area contributed by atoms with Gasteiger partial charge >= 0.3 is 0 Å².